The smallest absolute Gasteiger partial charge is 0.166 e. The summed E-state index contributed by atoms with van der Waals surface area (Å²) in [5, 5.41) is 0.670. The lowest BCUT2D eigenvalue weighted by Gasteiger charge is -2.06. The fourth-order valence-corrected chi connectivity index (χ4v) is 2.37. The maximum atomic E-state index is 11.7. The standard InChI is InChI=1S/C14H11ClO2/c15-10-4-1-3-9(7-10)14-8-11-12(16)5-2-6-13(11)17-14/h1,3-4,7-8H,2,5-6H2. The van der Waals surface area contributed by atoms with E-state index < -0.39 is 0 Å². The molecule has 0 saturated carbocycles. The molecule has 0 spiro atoms. The van der Waals surface area contributed by atoms with Gasteiger partial charge in [0.1, 0.15) is 11.5 Å². The van der Waals surface area contributed by atoms with Gasteiger partial charge in [-0.2, -0.15) is 0 Å². The van der Waals surface area contributed by atoms with Crippen LogP contribution >= 0.6 is 11.6 Å². The zero-order valence-electron chi connectivity index (χ0n) is 9.20. The molecule has 0 N–H and O–H groups in total. The lowest BCUT2D eigenvalue weighted by molar-refractivity contribution is 0.0969. The minimum Gasteiger partial charge on any atom is -0.460 e. The van der Waals surface area contributed by atoms with E-state index in [0.29, 0.717) is 11.4 Å². The predicted molar refractivity (Wildman–Crippen MR) is 66.4 cm³/mol. The van der Waals surface area contributed by atoms with E-state index in [4.69, 9.17) is 16.0 Å². The number of hydrogen-bond acceptors (Lipinski definition) is 2. The van der Waals surface area contributed by atoms with E-state index in [2.05, 4.69) is 0 Å². The van der Waals surface area contributed by atoms with E-state index in [1.807, 2.05) is 30.3 Å². The van der Waals surface area contributed by atoms with Crippen molar-refractivity contribution in [3.8, 4) is 11.3 Å². The number of hydrogen-bond donors (Lipinski definition) is 0. The number of aryl methyl sites for hydroxylation is 1. The van der Waals surface area contributed by atoms with Crippen LogP contribution in [0.4, 0.5) is 0 Å². The first-order chi connectivity index (χ1) is 8.24. The molecule has 0 radical (unpaired) electrons. The van der Waals surface area contributed by atoms with Gasteiger partial charge in [0.15, 0.2) is 5.78 Å². The van der Waals surface area contributed by atoms with Gasteiger partial charge in [-0.25, -0.2) is 0 Å². The summed E-state index contributed by atoms with van der Waals surface area (Å²) < 4.78 is 5.74. The molecule has 1 aliphatic rings. The lowest BCUT2D eigenvalue weighted by atomic mass is 9.97. The highest BCUT2D eigenvalue weighted by atomic mass is 35.5. The molecule has 17 heavy (non-hydrogen) atoms. The lowest BCUT2D eigenvalue weighted by Crippen LogP contribution is -2.07. The molecular weight excluding hydrogens is 236 g/mol. The highest BCUT2D eigenvalue weighted by Crippen LogP contribution is 2.31. The topological polar surface area (TPSA) is 30.2 Å². The fraction of sp³-hybridized carbons (Fsp3) is 0.214. The second-order valence-electron chi connectivity index (χ2n) is 4.23. The van der Waals surface area contributed by atoms with Crippen molar-refractivity contribution in [2.75, 3.05) is 0 Å². The van der Waals surface area contributed by atoms with Gasteiger partial charge in [0, 0.05) is 23.4 Å². The minimum atomic E-state index is 0.184. The van der Waals surface area contributed by atoms with Gasteiger partial charge in [0.25, 0.3) is 0 Å². The van der Waals surface area contributed by atoms with Crippen molar-refractivity contribution in [1.82, 2.24) is 0 Å². The summed E-state index contributed by atoms with van der Waals surface area (Å²) >= 11 is 5.94. The van der Waals surface area contributed by atoms with Gasteiger partial charge in [0.05, 0.1) is 5.56 Å². The largest absolute Gasteiger partial charge is 0.460 e. The van der Waals surface area contributed by atoms with Gasteiger partial charge < -0.3 is 4.42 Å². The molecular formula is C14H11ClO2. The summed E-state index contributed by atoms with van der Waals surface area (Å²) in [5.74, 6) is 1.73. The number of furan rings is 1. The van der Waals surface area contributed by atoms with Crippen LogP contribution in [0.2, 0.25) is 5.02 Å². The van der Waals surface area contributed by atoms with Gasteiger partial charge in [-0.1, -0.05) is 23.7 Å². The quantitative estimate of drug-likeness (QED) is 0.758. The van der Waals surface area contributed by atoms with Crippen LogP contribution in [0.1, 0.15) is 29.0 Å². The molecule has 1 aromatic heterocycles. The molecule has 2 aromatic rings. The van der Waals surface area contributed by atoms with Crippen LogP contribution in [0.5, 0.6) is 0 Å². The number of ketones is 1. The molecule has 0 aliphatic heterocycles. The zero-order valence-corrected chi connectivity index (χ0v) is 9.96. The average Bonchev–Trinajstić information content (AvgIpc) is 2.74. The van der Waals surface area contributed by atoms with E-state index in [0.717, 1.165) is 35.5 Å². The predicted octanol–water partition coefficient (Wildman–Crippen LogP) is 4.12. The van der Waals surface area contributed by atoms with Crippen LogP contribution < -0.4 is 0 Å². The number of rotatable bonds is 1. The van der Waals surface area contributed by atoms with Crippen molar-refractivity contribution in [2.45, 2.75) is 19.3 Å². The highest BCUT2D eigenvalue weighted by Gasteiger charge is 2.22. The Morgan fingerprint density at radius 1 is 1.18 bits per heavy atom. The molecule has 1 aromatic carbocycles. The van der Waals surface area contributed by atoms with Crippen LogP contribution in [0.25, 0.3) is 11.3 Å². The maximum Gasteiger partial charge on any atom is 0.166 e. The third-order valence-electron chi connectivity index (χ3n) is 3.03. The van der Waals surface area contributed by atoms with Crippen molar-refractivity contribution in [3.05, 3.63) is 46.7 Å². The van der Waals surface area contributed by atoms with Crippen molar-refractivity contribution in [3.63, 3.8) is 0 Å². The third kappa shape index (κ3) is 1.89. The first-order valence-corrected chi connectivity index (χ1v) is 6.04. The van der Waals surface area contributed by atoms with Gasteiger partial charge in [-0.15, -0.1) is 0 Å². The van der Waals surface area contributed by atoms with Crippen LogP contribution in [-0.2, 0) is 6.42 Å². The van der Waals surface area contributed by atoms with E-state index in [-0.39, 0.29) is 5.78 Å². The third-order valence-corrected chi connectivity index (χ3v) is 3.26. The molecule has 2 nitrogen and oxygen atoms in total. The Labute approximate surface area is 104 Å². The van der Waals surface area contributed by atoms with Crippen molar-refractivity contribution in [1.29, 1.82) is 0 Å². The molecule has 86 valence electrons. The van der Waals surface area contributed by atoms with E-state index in [1.54, 1.807) is 0 Å². The van der Waals surface area contributed by atoms with Gasteiger partial charge in [-0.3, -0.25) is 4.79 Å². The summed E-state index contributed by atoms with van der Waals surface area (Å²) in [7, 11) is 0. The van der Waals surface area contributed by atoms with Gasteiger partial charge in [-0.05, 0) is 24.6 Å². The summed E-state index contributed by atoms with van der Waals surface area (Å²) in [6.45, 7) is 0. The Bertz CT molecular complexity index is 584. The molecule has 0 unspecified atom stereocenters. The number of carbonyl (C=O) groups excluding carboxylic acids is 1. The number of carbonyl (C=O) groups is 1. The molecule has 0 amide bonds. The minimum absolute atomic E-state index is 0.184. The van der Waals surface area contributed by atoms with Crippen LogP contribution in [0, 0.1) is 0 Å². The van der Waals surface area contributed by atoms with Gasteiger partial charge >= 0.3 is 0 Å². The summed E-state index contributed by atoms with van der Waals surface area (Å²) in [6, 6.07) is 9.31. The fourth-order valence-electron chi connectivity index (χ4n) is 2.18. The Balaban J connectivity index is 2.08. The van der Waals surface area contributed by atoms with E-state index in [1.165, 1.54) is 0 Å². The second-order valence-corrected chi connectivity index (χ2v) is 4.67. The second kappa shape index (κ2) is 4.04. The first-order valence-electron chi connectivity index (χ1n) is 5.66. The van der Waals surface area contributed by atoms with E-state index in [9.17, 15) is 4.79 Å². The first kappa shape index (κ1) is 10.6. The number of Topliss-reactive ketones (excluding diaryl/α,β-unsaturated/α-hetero) is 1. The van der Waals surface area contributed by atoms with Crippen molar-refractivity contribution >= 4 is 17.4 Å². The average molecular weight is 247 g/mol. The Morgan fingerprint density at radius 3 is 2.82 bits per heavy atom. The number of benzene rings is 1. The SMILES string of the molecule is O=C1CCCc2oc(-c3cccc(Cl)c3)cc21. The molecule has 0 fully saturated rings. The molecule has 3 rings (SSSR count). The summed E-state index contributed by atoms with van der Waals surface area (Å²) in [5.41, 5.74) is 1.66. The summed E-state index contributed by atoms with van der Waals surface area (Å²) in [4.78, 5) is 11.7. The van der Waals surface area contributed by atoms with E-state index >= 15 is 0 Å². The summed E-state index contributed by atoms with van der Waals surface area (Å²) in [6.07, 6.45) is 2.36. The monoisotopic (exact) mass is 246 g/mol. The van der Waals surface area contributed by atoms with Crippen LogP contribution in [0.3, 0.4) is 0 Å². The Hall–Kier alpha value is -1.54. The van der Waals surface area contributed by atoms with Crippen LogP contribution in [-0.4, -0.2) is 5.78 Å². The molecule has 3 heteroatoms. The van der Waals surface area contributed by atoms with Crippen molar-refractivity contribution < 1.29 is 9.21 Å². The molecule has 1 aliphatic carbocycles. The van der Waals surface area contributed by atoms with Crippen molar-refractivity contribution in [2.24, 2.45) is 0 Å². The maximum absolute atomic E-state index is 11.7. The molecule has 0 atom stereocenters. The zero-order chi connectivity index (χ0) is 11.8. The van der Waals surface area contributed by atoms with Gasteiger partial charge in [0.2, 0.25) is 0 Å². The normalized spacial score (nSPS) is 14.8. The Morgan fingerprint density at radius 2 is 2.06 bits per heavy atom. The Kier molecular flexibility index (Phi) is 2.52. The molecule has 0 saturated heterocycles. The van der Waals surface area contributed by atoms with Crippen LogP contribution in [0.15, 0.2) is 34.7 Å². The number of halogens is 1. The number of fused-ring (bicyclic) bond motifs is 1. The highest BCUT2D eigenvalue weighted by molar-refractivity contribution is 6.30. The molecule has 0 bridgehead atoms. The molecule has 1 heterocycles.